The number of para-hydroxylation sites is 1. The number of amides is 1. The number of methoxy groups -OCH3 is 1. The van der Waals surface area contributed by atoms with E-state index in [0.717, 1.165) is 16.9 Å². The van der Waals surface area contributed by atoms with Crippen LogP contribution in [-0.2, 0) is 9.53 Å². The molecule has 4 heteroatoms. The van der Waals surface area contributed by atoms with Gasteiger partial charge in [0.05, 0.1) is 6.61 Å². The lowest BCUT2D eigenvalue weighted by molar-refractivity contribution is -0.124. The maximum atomic E-state index is 11.6. The fraction of sp³-hybridized carbons (Fsp3) is 0.500. The van der Waals surface area contributed by atoms with Crippen LogP contribution in [0.2, 0.25) is 0 Å². The monoisotopic (exact) mass is 251 g/mol. The first kappa shape index (κ1) is 14.5. The van der Waals surface area contributed by atoms with E-state index in [9.17, 15) is 4.79 Å². The molecule has 1 aromatic carbocycles. The van der Waals surface area contributed by atoms with Gasteiger partial charge < -0.3 is 14.8 Å². The predicted molar refractivity (Wildman–Crippen MR) is 70.9 cm³/mol. The highest BCUT2D eigenvalue weighted by Crippen LogP contribution is 2.21. The zero-order chi connectivity index (χ0) is 13.5. The van der Waals surface area contributed by atoms with Crippen molar-refractivity contribution < 1.29 is 14.3 Å². The van der Waals surface area contributed by atoms with Crippen LogP contribution >= 0.6 is 0 Å². The lowest BCUT2D eigenvalue weighted by Gasteiger charge is -2.15. The largest absolute Gasteiger partial charge is 0.483 e. The Hall–Kier alpha value is -1.55. The van der Waals surface area contributed by atoms with E-state index in [1.54, 1.807) is 7.11 Å². The minimum Gasteiger partial charge on any atom is -0.483 e. The summed E-state index contributed by atoms with van der Waals surface area (Å²) < 4.78 is 10.5. The molecule has 1 amide bonds. The summed E-state index contributed by atoms with van der Waals surface area (Å²) in [7, 11) is 1.61. The van der Waals surface area contributed by atoms with E-state index in [0.29, 0.717) is 6.61 Å². The molecule has 0 saturated carbocycles. The third kappa shape index (κ3) is 4.37. The first-order valence-electron chi connectivity index (χ1n) is 6.02. The molecule has 4 nitrogen and oxygen atoms in total. The maximum absolute atomic E-state index is 11.6. The van der Waals surface area contributed by atoms with E-state index in [2.05, 4.69) is 5.32 Å². The van der Waals surface area contributed by atoms with Crippen molar-refractivity contribution in [1.29, 1.82) is 0 Å². The summed E-state index contributed by atoms with van der Waals surface area (Å²) >= 11 is 0. The van der Waals surface area contributed by atoms with E-state index in [4.69, 9.17) is 9.47 Å². The Labute approximate surface area is 108 Å². The molecule has 0 fully saturated rings. The molecule has 1 N–H and O–H groups in total. The Morgan fingerprint density at radius 1 is 1.33 bits per heavy atom. The highest BCUT2D eigenvalue weighted by Gasteiger charge is 2.09. The highest BCUT2D eigenvalue weighted by atomic mass is 16.5. The molecular formula is C14H21NO3. The zero-order valence-electron chi connectivity index (χ0n) is 11.4. The van der Waals surface area contributed by atoms with Crippen LogP contribution in [-0.4, -0.2) is 32.3 Å². The van der Waals surface area contributed by atoms with Gasteiger partial charge in [0.2, 0.25) is 0 Å². The third-order valence-electron chi connectivity index (χ3n) is 2.58. The second-order valence-electron chi connectivity index (χ2n) is 4.43. The molecule has 0 heterocycles. The quantitative estimate of drug-likeness (QED) is 0.839. The van der Waals surface area contributed by atoms with Gasteiger partial charge in [-0.25, -0.2) is 0 Å². The molecule has 0 aliphatic heterocycles. The molecule has 18 heavy (non-hydrogen) atoms. The number of ether oxygens (including phenoxy) is 2. The molecule has 1 rings (SSSR count). The average molecular weight is 251 g/mol. The van der Waals surface area contributed by atoms with Gasteiger partial charge in [-0.1, -0.05) is 18.2 Å². The van der Waals surface area contributed by atoms with Crippen molar-refractivity contribution in [2.45, 2.75) is 26.8 Å². The fourth-order valence-corrected chi connectivity index (χ4v) is 1.77. The Balaban J connectivity index is 2.48. The number of aryl methyl sites for hydroxylation is 2. The Morgan fingerprint density at radius 3 is 2.50 bits per heavy atom. The van der Waals surface area contributed by atoms with Crippen LogP contribution in [0.5, 0.6) is 5.75 Å². The van der Waals surface area contributed by atoms with E-state index in [1.807, 2.05) is 39.0 Å². The number of carbonyl (C=O) groups excluding carboxylic acids is 1. The van der Waals surface area contributed by atoms with Gasteiger partial charge in [-0.05, 0) is 31.9 Å². The van der Waals surface area contributed by atoms with Crippen molar-refractivity contribution in [2.75, 3.05) is 20.3 Å². The molecule has 0 aliphatic rings. The van der Waals surface area contributed by atoms with Crippen molar-refractivity contribution in [3.05, 3.63) is 29.3 Å². The third-order valence-corrected chi connectivity index (χ3v) is 2.58. The summed E-state index contributed by atoms with van der Waals surface area (Å²) in [5.41, 5.74) is 2.07. The summed E-state index contributed by atoms with van der Waals surface area (Å²) in [6, 6.07) is 5.89. The van der Waals surface area contributed by atoms with Gasteiger partial charge in [-0.3, -0.25) is 4.79 Å². The van der Waals surface area contributed by atoms with Gasteiger partial charge >= 0.3 is 0 Å². The lowest BCUT2D eigenvalue weighted by Crippen LogP contribution is -2.38. The number of hydrogen-bond donors (Lipinski definition) is 1. The van der Waals surface area contributed by atoms with Gasteiger partial charge in [-0.2, -0.15) is 0 Å². The molecule has 0 bridgehead atoms. The van der Waals surface area contributed by atoms with Crippen molar-refractivity contribution in [1.82, 2.24) is 5.32 Å². The molecule has 100 valence electrons. The van der Waals surface area contributed by atoms with Gasteiger partial charge in [-0.15, -0.1) is 0 Å². The zero-order valence-corrected chi connectivity index (χ0v) is 11.4. The van der Waals surface area contributed by atoms with E-state index in [-0.39, 0.29) is 18.6 Å². The maximum Gasteiger partial charge on any atom is 0.258 e. The standard InChI is InChI=1S/C14H21NO3/c1-10-6-5-7-11(2)14(10)18-9-13(16)15-12(3)8-17-4/h5-7,12H,8-9H2,1-4H3,(H,15,16). The molecular weight excluding hydrogens is 230 g/mol. The number of hydrogen-bond acceptors (Lipinski definition) is 3. The molecule has 1 aromatic rings. The van der Waals surface area contributed by atoms with Crippen molar-refractivity contribution in [2.24, 2.45) is 0 Å². The second kappa shape index (κ2) is 7.01. The van der Waals surface area contributed by atoms with Crippen LogP contribution in [0.1, 0.15) is 18.1 Å². The summed E-state index contributed by atoms with van der Waals surface area (Å²) in [5, 5.41) is 2.80. The number of carbonyl (C=O) groups is 1. The molecule has 0 aromatic heterocycles. The van der Waals surface area contributed by atoms with Gasteiger partial charge in [0.15, 0.2) is 6.61 Å². The van der Waals surface area contributed by atoms with Gasteiger partial charge in [0, 0.05) is 13.2 Å². The second-order valence-corrected chi connectivity index (χ2v) is 4.43. The van der Waals surface area contributed by atoms with Gasteiger partial charge in [0.25, 0.3) is 5.91 Å². The fourth-order valence-electron chi connectivity index (χ4n) is 1.77. The molecule has 0 radical (unpaired) electrons. The van der Waals surface area contributed by atoms with E-state index >= 15 is 0 Å². The highest BCUT2D eigenvalue weighted by molar-refractivity contribution is 5.77. The van der Waals surface area contributed by atoms with Crippen LogP contribution in [0.3, 0.4) is 0 Å². The smallest absolute Gasteiger partial charge is 0.258 e. The lowest BCUT2D eigenvalue weighted by atomic mass is 10.1. The first-order chi connectivity index (χ1) is 8.54. The van der Waals surface area contributed by atoms with Crippen LogP contribution < -0.4 is 10.1 Å². The molecule has 0 aliphatic carbocycles. The number of benzene rings is 1. The summed E-state index contributed by atoms with van der Waals surface area (Å²) in [6.07, 6.45) is 0. The molecule has 0 spiro atoms. The Morgan fingerprint density at radius 2 is 1.94 bits per heavy atom. The first-order valence-corrected chi connectivity index (χ1v) is 6.02. The Kier molecular flexibility index (Phi) is 5.65. The van der Waals surface area contributed by atoms with Crippen LogP contribution in [0.4, 0.5) is 0 Å². The van der Waals surface area contributed by atoms with Crippen molar-refractivity contribution >= 4 is 5.91 Å². The van der Waals surface area contributed by atoms with Crippen molar-refractivity contribution in [3.63, 3.8) is 0 Å². The van der Waals surface area contributed by atoms with Gasteiger partial charge in [0.1, 0.15) is 5.75 Å². The van der Waals surface area contributed by atoms with Crippen LogP contribution in [0, 0.1) is 13.8 Å². The summed E-state index contributed by atoms with van der Waals surface area (Å²) in [6.45, 7) is 6.34. The SMILES string of the molecule is COCC(C)NC(=O)COc1c(C)cccc1C. The summed E-state index contributed by atoms with van der Waals surface area (Å²) in [5.74, 6) is 0.647. The molecule has 1 unspecified atom stereocenters. The topological polar surface area (TPSA) is 47.6 Å². The van der Waals surface area contributed by atoms with Crippen LogP contribution in [0.15, 0.2) is 18.2 Å². The van der Waals surface area contributed by atoms with Crippen molar-refractivity contribution in [3.8, 4) is 5.75 Å². The predicted octanol–water partition coefficient (Wildman–Crippen LogP) is 1.83. The number of nitrogens with one attached hydrogen (secondary N) is 1. The Bertz CT molecular complexity index is 384. The molecule has 1 atom stereocenters. The molecule has 0 saturated heterocycles. The van der Waals surface area contributed by atoms with Crippen LogP contribution in [0.25, 0.3) is 0 Å². The minimum absolute atomic E-state index is 0.0101. The number of rotatable bonds is 6. The minimum atomic E-state index is -0.137. The van der Waals surface area contributed by atoms with E-state index in [1.165, 1.54) is 0 Å². The normalized spacial score (nSPS) is 12.0. The van der Waals surface area contributed by atoms with E-state index < -0.39 is 0 Å². The average Bonchev–Trinajstić information content (AvgIpc) is 2.28. The summed E-state index contributed by atoms with van der Waals surface area (Å²) in [4.78, 5) is 11.6.